The second kappa shape index (κ2) is 8.49. The summed E-state index contributed by atoms with van der Waals surface area (Å²) in [6, 6.07) is 10.1. The Morgan fingerprint density at radius 3 is 2.75 bits per heavy atom. The van der Waals surface area contributed by atoms with Gasteiger partial charge >= 0.3 is 0 Å². The largest absolute Gasteiger partial charge is 0.373 e. The molecule has 0 bridgehead atoms. The second-order valence-corrected chi connectivity index (χ2v) is 3.16. The molecule has 0 aromatic heterocycles. The third kappa shape index (κ3) is 5.82. The zero-order chi connectivity index (χ0) is 11.5. The molecule has 0 aliphatic heterocycles. The van der Waals surface area contributed by atoms with Gasteiger partial charge in [-0.15, -0.1) is 5.73 Å². The quantitative estimate of drug-likeness (QED) is 0.397. The lowest BCUT2D eigenvalue weighted by molar-refractivity contribution is 0.148. The third-order valence-corrected chi connectivity index (χ3v) is 1.87. The molecule has 0 N–H and O–H groups in total. The summed E-state index contributed by atoms with van der Waals surface area (Å²) in [7, 11) is 0. The number of rotatable bonds is 6. The van der Waals surface area contributed by atoms with E-state index in [1.54, 1.807) is 12.2 Å². The molecule has 0 spiro atoms. The van der Waals surface area contributed by atoms with Crippen molar-refractivity contribution in [3.63, 3.8) is 0 Å². The number of benzene rings is 1. The summed E-state index contributed by atoms with van der Waals surface area (Å²) in [4.78, 5) is 0. The summed E-state index contributed by atoms with van der Waals surface area (Å²) in [6.07, 6.45) is 9.14. The van der Waals surface area contributed by atoms with E-state index in [1.807, 2.05) is 36.4 Å². The van der Waals surface area contributed by atoms with E-state index in [1.165, 1.54) is 5.56 Å². The summed E-state index contributed by atoms with van der Waals surface area (Å²) >= 11 is 0. The first-order valence-electron chi connectivity index (χ1n) is 5.24. The lowest BCUT2D eigenvalue weighted by atomic mass is 10.2. The van der Waals surface area contributed by atoms with Gasteiger partial charge in [0.15, 0.2) is 0 Å². The van der Waals surface area contributed by atoms with Gasteiger partial charge in [0.05, 0.1) is 13.2 Å². The van der Waals surface area contributed by atoms with Crippen molar-refractivity contribution in [3.8, 4) is 0 Å². The Labute approximate surface area is 97.1 Å². The Hall–Kier alpha value is -1.82. The van der Waals surface area contributed by atoms with Crippen molar-refractivity contribution in [3.05, 3.63) is 78.6 Å². The minimum absolute atomic E-state index is 0.612. The van der Waals surface area contributed by atoms with Gasteiger partial charge in [0, 0.05) is 0 Å². The fourth-order valence-electron chi connectivity index (χ4n) is 1.12. The molecule has 0 radical (unpaired) electrons. The summed E-state index contributed by atoms with van der Waals surface area (Å²) in [5.74, 6) is 0. The highest BCUT2D eigenvalue weighted by molar-refractivity contribution is 5.13. The van der Waals surface area contributed by atoms with E-state index >= 15 is 0 Å². The molecule has 1 nitrogen and oxygen atoms in total. The Bertz CT molecular complexity index is 381. The van der Waals surface area contributed by atoms with Crippen molar-refractivity contribution >= 4 is 0 Å². The van der Waals surface area contributed by atoms with E-state index in [0.717, 1.165) is 0 Å². The molecule has 0 saturated heterocycles. The van der Waals surface area contributed by atoms with Crippen LogP contribution >= 0.6 is 0 Å². The average Bonchev–Trinajstić information content (AvgIpc) is 2.34. The lowest BCUT2D eigenvalue weighted by Crippen LogP contribution is -1.91. The summed E-state index contributed by atoms with van der Waals surface area (Å²) in [6.45, 7) is 4.82. The summed E-state index contributed by atoms with van der Waals surface area (Å²) < 4.78 is 5.46. The van der Waals surface area contributed by atoms with E-state index in [-0.39, 0.29) is 0 Å². The van der Waals surface area contributed by atoms with Crippen molar-refractivity contribution in [2.45, 2.75) is 6.61 Å². The van der Waals surface area contributed by atoms with Crippen LogP contribution in [0.3, 0.4) is 0 Å². The first kappa shape index (κ1) is 12.3. The predicted octanol–water partition coefficient (Wildman–Crippen LogP) is 3.66. The average molecular weight is 212 g/mol. The molecule has 1 aromatic carbocycles. The van der Waals surface area contributed by atoms with Crippen LogP contribution in [-0.2, 0) is 11.3 Å². The van der Waals surface area contributed by atoms with Gasteiger partial charge in [0.1, 0.15) is 0 Å². The molecule has 16 heavy (non-hydrogen) atoms. The fraction of sp³-hybridized carbons (Fsp3) is 0.133. The first-order valence-corrected chi connectivity index (χ1v) is 5.24. The van der Waals surface area contributed by atoms with Gasteiger partial charge in [-0.05, 0) is 17.7 Å². The molecule has 1 aromatic rings. The number of hydrogen-bond donors (Lipinski definition) is 0. The van der Waals surface area contributed by atoms with Crippen molar-refractivity contribution in [2.24, 2.45) is 0 Å². The van der Waals surface area contributed by atoms with E-state index in [0.29, 0.717) is 13.2 Å². The number of ether oxygens (including phenoxy) is 1. The van der Waals surface area contributed by atoms with Crippen LogP contribution in [0.25, 0.3) is 0 Å². The van der Waals surface area contributed by atoms with Crippen LogP contribution < -0.4 is 0 Å². The third-order valence-electron chi connectivity index (χ3n) is 1.87. The van der Waals surface area contributed by atoms with Gasteiger partial charge in [-0.2, -0.15) is 0 Å². The molecule has 0 unspecified atom stereocenters. The van der Waals surface area contributed by atoms with Gasteiger partial charge in [-0.3, -0.25) is 0 Å². The highest BCUT2D eigenvalue weighted by Gasteiger charge is 1.88. The van der Waals surface area contributed by atoms with Crippen molar-refractivity contribution < 1.29 is 4.74 Å². The minimum atomic E-state index is 0.612. The monoisotopic (exact) mass is 212 g/mol. The molecule has 1 rings (SSSR count). The standard InChI is InChI=1S/C15H16O/c1-2-3-4-5-6-10-13-16-14-15-11-8-7-9-12-15/h2-3,5-12H,1,13-14H2/b10-6-. The van der Waals surface area contributed by atoms with Gasteiger partial charge in [-0.25, -0.2) is 0 Å². The highest BCUT2D eigenvalue weighted by Crippen LogP contribution is 1.99. The van der Waals surface area contributed by atoms with Crippen molar-refractivity contribution in [1.82, 2.24) is 0 Å². The zero-order valence-electron chi connectivity index (χ0n) is 9.30. The number of hydrogen-bond acceptors (Lipinski definition) is 1. The molecular weight excluding hydrogens is 196 g/mol. The maximum atomic E-state index is 5.46. The van der Waals surface area contributed by atoms with Gasteiger partial charge in [0.25, 0.3) is 0 Å². The van der Waals surface area contributed by atoms with Crippen LogP contribution in [0.5, 0.6) is 0 Å². The van der Waals surface area contributed by atoms with Crippen LogP contribution in [-0.4, -0.2) is 6.61 Å². The van der Waals surface area contributed by atoms with E-state index < -0.39 is 0 Å². The van der Waals surface area contributed by atoms with Crippen LogP contribution in [0.15, 0.2) is 73.0 Å². The van der Waals surface area contributed by atoms with Gasteiger partial charge in [-0.1, -0.05) is 55.1 Å². The smallest absolute Gasteiger partial charge is 0.0721 e. The fourth-order valence-corrected chi connectivity index (χ4v) is 1.12. The highest BCUT2D eigenvalue weighted by atomic mass is 16.5. The molecule has 0 fully saturated rings. The maximum Gasteiger partial charge on any atom is 0.0721 e. The summed E-state index contributed by atoms with van der Waals surface area (Å²) in [5.41, 5.74) is 4.13. The van der Waals surface area contributed by atoms with E-state index in [9.17, 15) is 0 Å². The molecule has 0 aliphatic carbocycles. The van der Waals surface area contributed by atoms with Crippen molar-refractivity contribution in [1.29, 1.82) is 0 Å². The van der Waals surface area contributed by atoms with Crippen LogP contribution in [0, 0.1) is 0 Å². The zero-order valence-corrected chi connectivity index (χ0v) is 9.30. The van der Waals surface area contributed by atoms with Crippen LogP contribution in [0.4, 0.5) is 0 Å². The molecule has 1 heteroatoms. The molecule has 0 heterocycles. The molecule has 0 atom stereocenters. The molecule has 0 amide bonds. The Morgan fingerprint density at radius 2 is 2.00 bits per heavy atom. The van der Waals surface area contributed by atoms with E-state index in [4.69, 9.17) is 4.74 Å². The van der Waals surface area contributed by atoms with Crippen molar-refractivity contribution in [2.75, 3.05) is 6.61 Å². The molecular formula is C15H16O. The summed E-state index contributed by atoms with van der Waals surface area (Å²) in [5, 5.41) is 0. The second-order valence-electron chi connectivity index (χ2n) is 3.16. The SMILES string of the molecule is C=CC=C=C/C=C\COCc1ccccc1. The predicted molar refractivity (Wildman–Crippen MR) is 68.1 cm³/mol. The van der Waals surface area contributed by atoms with E-state index in [2.05, 4.69) is 24.4 Å². The first-order chi connectivity index (χ1) is 7.93. The Kier molecular flexibility index (Phi) is 6.50. The maximum absolute atomic E-state index is 5.46. The van der Waals surface area contributed by atoms with Gasteiger partial charge in [0.2, 0.25) is 0 Å². The normalized spacial score (nSPS) is 9.75. The number of allylic oxidation sites excluding steroid dienone is 3. The molecule has 0 saturated carbocycles. The lowest BCUT2D eigenvalue weighted by Gasteiger charge is -1.99. The topological polar surface area (TPSA) is 9.23 Å². The van der Waals surface area contributed by atoms with Crippen LogP contribution in [0.2, 0.25) is 0 Å². The minimum Gasteiger partial charge on any atom is -0.373 e. The molecule has 82 valence electrons. The molecule has 0 aliphatic rings. The van der Waals surface area contributed by atoms with Gasteiger partial charge < -0.3 is 4.74 Å². The Balaban J connectivity index is 2.17. The Morgan fingerprint density at radius 1 is 1.19 bits per heavy atom. The van der Waals surface area contributed by atoms with Crippen LogP contribution in [0.1, 0.15) is 5.56 Å².